The van der Waals surface area contributed by atoms with Gasteiger partial charge < -0.3 is 5.73 Å². The van der Waals surface area contributed by atoms with E-state index in [4.69, 9.17) is 17.3 Å². The van der Waals surface area contributed by atoms with E-state index in [1.807, 2.05) is 0 Å². The maximum absolute atomic E-state index is 13.5. The number of sulfonamides is 1. The molecule has 0 saturated heterocycles. The Hall–Kier alpha value is -2.95. The minimum absolute atomic E-state index is 0.228. The molecule has 3 aromatic carbocycles. The van der Waals surface area contributed by atoms with Gasteiger partial charge in [0.25, 0.3) is 0 Å². The Kier molecular flexibility index (Phi) is 7.64. The molecule has 34 heavy (non-hydrogen) atoms. The summed E-state index contributed by atoms with van der Waals surface area (Å²) in [5, 5.41) is 0.265. The van der Waals surface area contributed by atoms with Gasteiger partial charge in [-0.3, -0.25) is 4.79 Å². The zero-order valence-electron chi connectivity index (χ0n) is 17.5. The Morgan fingerprint density at radius 2 is 1.62 bits per heavy atom. The third kappa shape index (κ3) is 5.75. The third-order valence-electron chi connectivity index (χ3n) is 5.07. The van der Waals surface area contributed by atoms with Gasteiger partial charge in [0, 0.05) is 11.6 Å². The van der Waals surface area contributed by atoms with E-state index in [1.54, 1.807) is 18.2 Å². The number of carbonyl (C=O) groups is 1. The highest BCUT2D eigenvalue weighted by atomic mass is 35.5. The lowest BCUT2D eigenvalue weighted by atomic mass is 10.0. The second-order valence-corrected chi connectivity index (χ2v) is 9.66. The van der Waals surface area contributed by atoms with Crippen LogP contribution in [0, 0.1) is 5.82 Å². The van der Waals surface area contributed by atoms with Crippen LogP contribution in [0.2, 0.25) is 5.02 Å². The van der Waals surface area contributed by atoms with Crippen molar-refractivity contribution in [3.05, 3.63) is 100 Å². The number of primary amides is 1. The third-order valence-corrected chi connectivity index (χ3v) is 7.20. The molecular formula is C23H19ClF4N2O3S. The Balaban J connectivity index is 2.09. The first-order chi connectivity index (χ1) is 15.9. The predicted octanol–water partition coefficient (Wildman–Crippen LogP) is 4.96. The molecule has 1 amide bonds. The van der Waals surface area contributed by atoms with E-state index in [1.165, 1.54) is 36.4 Å². The smallest absolute Gasteiger partial charge is 0.368 e. The van der Waals surface area contributed by atoms with Crippen LogP contribution in [-0.2, 0) is 27.4 Å². The first kappa shape index (κ1) is 25.7. The first-order valence-corrected chi connectivity index (χ1v) is 11.7. The molecule has 0 saturated carbocycles. The van der Waals surface area contributed by atoms with E-state index in [-0.39, 0.29) is 21.0 Å². The van der Waals surface area contributed by atoms with Gasteiger partial charge in [0.15, 0.2) is 0 Å². The molecule has 5 nitrogen and oxygen atoms in total. The fourth-order valence-electron chi connectivity index (χ4n) is 3.50. The van der Waals surface area contributed by atoms with Gasteiger partial charge in [0.1, 0.15) is 11.9 Å². The molecule has 1 unspecified atom stereocenters. The normalized spacial score (nSPS) is 13.1. The fourth-order valence-corrected chi connectivity index (χ4v) is 5.21. The molecule has 3 rings (SSSR count). The van der Waals surface area contributed by atoms with Gasteiger partial charge in [-0.1, -0.05) is 48.0 Å². The van der Waals surface area contributed by atoms with E-state index in [9.17, 15) is 30.8 Å². The summed E-state index contributed by atoms with van der Waals surface area (Å²) < 4.78 is 81.6. The van der Waals surface area contributed by atoms with Crippen molar-refractivity contribution in [3.63, 3.8) is 0 Å². The van der Waals surface area contributed by atoms with Crippen molar-refractivity contribution in [2.24, 2.45) is 5.73 Å². The molecule has 0 aliphatic heterocycles. The Labute approximate surface area is 198 Å². The number of benzene rings is 3. The summed E-state index contributed by atoms with van der Waals surface area (Å²) in [5.74, 6) is -2.10. The summed E-state index contributed by atoms with van der Waals surface area (Å²) in [4.78, 5) is 12.2. The van der Waals surface area contributed by atoms with Gasteiger partial charge in [-0.15, -0.1) is 0 Å². The second kappa shape index (κ2) is 10.1. The average molecular weight is 515 g/mol. The molecule has 1 atom stereocenters. The largest absolute Gasteiger partial charge is 0.416 e. The number of hydrogen-bond donors (Lipinski definition) is 1. The molecule has 0 radical (unpaired) electrons. The number of hydrogen-bond acceptors (Lipinski definition) is 3. The maximum Gasteiger partial charge on any atom is 0.416 e. The molecule has 2 N–H and O–H groups in total. The van der Waals surface area contributed by atoms with Crippen LogP contribution in [0.15, 0.2) is 77.7 Å². The van der Waals surface area contributed by atoms with Gasteiger partial charge >= 0.3 is 6.18 Å². The monoisotopic (exact) mass is 514 g/mol. The van der Waals surface area contributed by atoms with Gasteiger partial charge in [-0.25, -0.2) is 12.8 Å². The van der Waals surface area contributed by atoms with Crippen molar-refractivity contribution in [3.8, 4) is 0 Å². The van der Waals surface area contributed by atoms with Crippen LogP contribution in [0.3, 0.4) is 0 Å². The standard InChI is InChI=1S/C23H19ClF4N2O3S/c24-17-7-10-19(11-8-17)34(32,33)30(21(22(29)31)16-4-2-1-3-5-16)13-12-15-6-9-18(25)14-20(15)23(26,27)28/h1-11,14,21H,12-13H2,(H2,29,31). The molecule has 0 heterocycles. The van der Waals surface area contributed by atoms with Gasteiger partial charge in [0.05, 0.1) is 10.5 Å². The van der Waals surface area contributed by atoms with Crippen LogP contribution in [0.5, 0.6) is 0 Å². The number of nitrogens with zero attached hydrogens (tertiary/aromatic N) is 1. The van der Waals surface area contributed by atoms with E-state index < -0.39 is 52.5 Å². The van der Waals surface area contributed by atoms with E-state index in [0.717, 1.165) is 16.4 Å². The highest BCUT2D eigenvalue weighted by Crippen LogP contribution is 2.34. The van der Waals surface area contributed by atoms with Crippen molar-refractivity contribution < 1.29 is 30.8 Å². The number of rotatable bonds is 8. The molecule has 0 aliphatic carbocycles. The number of alkyl halides is 3. The van der Waals surface area contributed by atoms with Crippen LogP contribution in [0.4, 0.5) is 17.6 Å². The molecule has 0 bridgehead atoms. The molecule has 3 aromatic rings. The Morgan fingerprint density at radius 3 is 2.18 bits per heavy atom. The summed E-state index contributed by atoms with van der Waals surface area (Å²) >= 11 is 5.84. The number of amides is 1. The number of halogens is 5. The lowest BCUT2D eigenvalue weighted by Crippen LogP contribution is -2.42. The number of carbonyl (C=O) groups excluding carboxylic acids is 1. The van der Waals surface area contributed by atoms with Crippen molar-refractivity contribution in [2.45, 2.75) is 23.5 Å². The minimum Gasteiger partial charge on any atom is -0.368 e. The molecule has 11 heteroatoms. The predicted molar refractivity (Wildman–Crippen MR) is 119 cm³/mol. The van der Waals surface area contributed by atoms with Crippen LogP contribution in [0.25, 0.3) is 0 Å². The van der Waals surface area contributed by atoms with E-state index >= 15 is 0 Å². The SMILES string of the molecule is NC(=O)C(c1ccccc1)N(CCc1ccc(F)cc1C(F)(F)F)S(=O)(=O)c1ccc(Cl)cc1. The summed E-state index contributed by atoms with van der Waals surface area (Å²) in [5.41, 5.74) is 4.24. The minimum atomic E-state index is -4.86. The van der Waals surface area contributed by atoms with Gasteiger partial charge in [-0.05, 0) is 53.9 Å². The van der Waals surface area contributed by atoms with Gasteiger partial charge in [0.2, 0.25) is 15.9 Å². The van der Waals surface area contributed by atoms with Crippen molar-refractivity contribution in [2.75, 3.05) is 6.54 Å². The van der Waals surface area contributed by atoms with Crippen molar-refractivity contribution >= 4 is 27.5 Å². The average Bonchev–Trinajstić information content (AvgIpc) is 2.77. The van der Waals surface area contributed by atoms with Crippen LogP contribution >= 0.6 is 11.6 Å². The zero-order chi connectivity index (χ0) is 25.1. The second-order valence-electron chi connectivity index (χ2n) is 7.33. The topological polar surface area (TPSA) is 80.5 Å². The summed E-state index contributed by atoms with van der Waals surface area (Å²) in [7, 11) is -4.42. The van der Waals surface area contributed by atoms with Gasteiger partial charge in [-0.2, -0.15) is 17.5 Å². The summed E-state index contributed by atoms with van der Waals surface area (Å²) in [6.07, 6.45) is -5.32. The molecule has 0 spiro atoms. The van der Waals surface area contributed by atoms with Crippen molar-refractivity contribution in [1.82, 2.24) is 4.31 Å². The van der Waals surface area contributed by atoms with E-state index in [2.05, 4.69) is 0 Å². The highest BCUT2D eigenvalue weighted by molar-refractivity contribution is 7.89. The summed E-state index contributed by atoms with van der Waals surface area (Å²) in [6, 6.07) is 13.5. The Bertz CT molecular complexity index is 1270. The highest BCUT2D eigenvalue weighted by Gasteiger charge is 2.38. The van der Waals surface area contributed by atoms with Crippen molar-refractivity contribution in [1.29, 1.82) is 0 Å². The molecule has 0 fully saturated rings. The lowest BCUT2D eigenvalue weighted by Gasteiger charge is -2.29. The van der Waals surface area contributed by atoms with Crippen LogP contribution in [-0.4, -0.2) is 25.2 Å². The Morgan fingerprint density at radius 1 is 1.00 bits per heavy atom. The van der Waals surface area contributed by atoms with E-state index in [0.29, 0.717) is 6.07 Å². The molecule has 180 valence electrons. The number of nitrogens with two attached hydrogens (primary N) is 1. The molecule has 0 aromatic heterocycles. The summed E-state index contributed by atoms with van der Waals surface area (Å²) in [6.45, 7) is -0.540. The lowest BCUT2D eigenvalue weighted by molar-refractivity contribution is -0.138. The molecular weight excluding hydrogens is 496 g/mol. The van der Waals surface area contributed by atoms with Crippen LogP contribution < -0.4 is 5.73 Å². The zero-order valence-corrected chi connectivity index (χ0v) is 19.0. The maximum atomic E-state index is 13.5. The molecule has 0 aliphatic rings. The van der Waals surface area contributed by atoms with Crippen LogP contribution in [0.1, 0.15) is 22.7 Å². The first-order valence-electron chi connectivity index (χ1n) is 9.88. The fraction of sp³-hybridized carbons (Fsp3) is 0.174. The quantitative estimate of drug-likeness (QED) is 0.432.